The van der Waals surface area contributed by atoms with Crippen LogP contribution in [-0.4, -0.2) is 35.9 Å². The van der Waals surface area contributed by atoms with Crippen LogP contribution in [0.4, 0.5) is 0 Å². The third-order valence-electron chi connectivity index (χ3n) is 1.87. The van der Waals surface area contributed by atoms with Crippen molar-refractivity contribution in [2.75, 3.05) is 14.1 Å². The lowest BCUT2D eigenvalue weighted by Crippen LogP contribution is -2.08. The molecule has 0 amide bonds. The van der Waals surface area contributed by atoms with Crippen molar-refractivity contribution >= 4 is 11.8 Å². The Hall–Kier alpha value is -1.32. The third-order valence-corrected chi connectivity index (χ3v) is 1.87. The van der Waals surface area contributed by atoms with Crippen LogP contribution < -0.4 is 0 Å². The van der Waals surface area contributed by atoms with Crippen molar-refractivity contribution in [1.82, 2.24) is 4.90 Å². The molecule has 72 valence electrons. The number of hydrogen-bond donors (Lipinski definition) is 1. The number of Topliss-reactive ketones (excluding diaryl/α,β-unsaturated/α-hetero) is 1. The van der Waals surface area contributed by atoms with Crippen LogP contribution in [-0.2, 0) is 9.59 Å². The molecule has 1 rings (SSSR count). The molecule has 4 heteroatoms. The molecule has 1 fully saturated rings. The summed E-state index contributed by atoms with van der Waals surface area (Å²) >= 11 is 0. The van der Waals surface area contributed by atoms with Gasteiger partial charge in [0.05, 0.1) is 0 Å². The minimum atomic E-state index is -1.04. The van der Waals surface area contributed by atoms with Crippen molar-refractivity contribution in [1.29, 1.82) is 0 Å². The molecule has 1 N–H and O–H groups in total. The number of carboxylic acids is 1. The first-order valence-corrected chi connectivity index (χ1v) is 4.12. The smallest absolute Gasteiger partial charge is 0.310 e. The van der Waals surface area contributed by atoms with Crippen LogP contribution in [0.2, 0.25) is 0 Å². The van der Waals surface area contributed by atoms with Crippen LogP contribution in [0.3, 0.4) is 0 Å². The number of nitrogens with zero attached hydrogens (tertiary/aromatic N) is 1. The highest BCUT2D eigenvalue weighted by molar-refractivity contribution is 5.99. The van der Waals surface area contributed by atoms with Crippen molar-refractivity contribution in [3.63, 3.8) is 0 Å². The molecule has 1 unspecified atom stereocenters. The van der Waals surface area contributed by atoms with Gasteiger partial charge in [-0.3, -0.25) is 9.59 Å². The highest BCUT2D eigenvalue weighted by Crippen LogP contribution is 2.39. The molecule has 1 atom stereocenters. The zero-order chi connectivity index (χ0) is 10.0. The number of carboxylic acid groups (broad SMARTS) is 1. The fourth-order valence-corrected chi connectivity index (χ4v) is 1.24. The predicted octanol–water partition coefficient (Wildman–Crippen LogP) is 0.496. The van der Waals surface area contributed by atoms with Crippen LogP contribution in [0.5, 0.6) is 0 Å². The average Bonchev–Trinajstić information content (AvgIpc) is 2.64. The van der Waals surface area contributed by atoms with Gasteiger partial charge < -0.3 is 10.0 Å². The maximum atomic E-state index is 11.2. The number of allylic oxidation sites excluding steroid dienone is 1. The summed E-state index contributed by atoms with van der Waals surface area (Å²) in [5.41, 5.74) is 1.04. The van der Waals surface area contributed by atoms with Crippen LogP contribution in [0.1, 0.15) is 12.8 Å². The highest BCUT2D eigenvalue weighted by atomic mass is 16.4. The van der Waals surface area contributed by atoms with E-state index in [0.717, 1.165) is 12.0 Å². The molecule has 1 saturated carbocycles. The first kappa shape index (κ1) is 9.77. The van der Waals surface area contributed by atoms with Crippen molar-refractivity contribution in [2.24, 2.45) is 5.92 Å². The summed E-state index contributed by atoms with van der Waals surface area (Å²) in [4.78, 5) is 23.3. The summed E-state index contributed by atoms with van der Waals surface area (Å²) in [5, 5.41) is 8.38. The maximum absolute atomic E-state index is 11.2. The monoisotopic (exact) mass is 183 g/mol. The number of rotatable bonds is 4. The van der Waals surface area contributed by atoms with Gasteiger partial charge in [-0.1, -0.05) is 0 Å². The van der Waals surface area contributed by atoms with Gasteiger partial charge in [0.15, 0.2) is 5.78 Å². The predicted molar refractivity (Wildman–Crippen MR) is 47.1 cm³/mol. The Bertz CT molecular complexity index is 268. The topological polar surface area (TPSA) is 57.6 Å². The second-order valence-electron chi connectivity index (χ2n) is 3.46. The average molecular weight is 183 g/mol. The first-order chi connectivity index (χ1) is 6.00. The fourth-order valence-electron chi connectivity index (χ4n) is 1.24. The molecule has 0 aromatic heterocycles. The van der Waals surface area contributed by atoms with Crippen LogP contribution in [0, 0.1) is 5.92 Å². The van der Waals surface area contributed by atoms with E-state index in [2.05, 4.69) is 0 Å². The van der Waals surface area contributed by atoms with Gasteiger partial charge in [-0.2, -0.15) is 0 Å². The lowest BCUT2D eigenvalue weighted by molar-refractivity contribution is -0.140. The molecule has 4 nitrogen and oxygen atoms in total. The maximum Gasteiger partial charge on any atom is 0.310 e. The Kier molecular flexibility index (Phi) is 2.70. The van der Waals surface area contributed by atoms with E-state index >= 15 is 0 Å². The van der Waals surface area contributed by atoms with E-state index in [-0.39, 0.29) is 18.1 Å². The number of ketones is 1. The number of aliphatic carboxylic acids is 1. The second kappa shape index (κ2) is 3.60. The molecule has 0 heterocycles. The molecule has 0 aliphatic heterocycles. The number of carbonyl (C=O) groups is 2. The molecule has 0 spiro atoms. The van der Waals surface area contributed by atoms with Crippen LogP contribution in [0.15, 0.2) is 11.8 Å². The largest absolute Gasteiger partial charge is 0.481 e. The molecule has 0 bridgehead atoms. The molecule has 13 heavy (non-hydrogen) atoms. The van der Waals surface area contributed by atoms with E-state index in [1.54, 1.807) is 0 Å². The summed E-state index contributed by atoms with van der Waals surface area (Å²) < 4.78 is 0. The van der Waals surface area contributed by atoms with Gasteiger partial charge in [0.1, 0.15) is 6.42 Å². The summed E-state index contributed by atoms with van der Waals surface area (Å²) in [6, 6.07) is 0. The highest BCUT2D eigenvalue weighted by Gasteiger charge is 2.37. The van der Waals surface area contributed by atoms with E-state index < -0.39 is 5.97 Å². The van der Waals surface area contributed by atoms with Crippen molar-refractivity contribution in [2.45, 2.75) is 12.8 Å². The molecule has 0 aromatic rings. The van der Waals surface area contributed by atoms with Gasteiger partial charge in [-0.05, 0) is 18.2 Å². The van der Waals surface area contributed by atoms with Gasteiger partial charge in [0.2, 0.25) is 0 Å². The van der Waals surface area contributed by atoms with Crippen molar-refractivity contribution in [3.05, 3.63) is 11.8 Å². The Labute approximate surface area is 76.8 Å². The van der Waals surface area contributed by atoms with E-state index in [9.17, 15) is 9.59 Å². The number of carbonyl (C=O) groups excluding carboxylic acids is 1. The summed E-state index contributed by atoms with van der Waals surface area (Å²) in [7, 11) is 3.76. The Morgan fingerprint density at radius 3 is 2.69 bits per heavy atom. The fraction of sp³-hybridized carbons (Fsp3) is 0.556. The molecule has 0 saturated heterocycles. The zero-order valence-corrected chi connectivity index (χ0v) is 7.78. The molecule has 1 aliphatic carbocycles. The minimum Gasteiger partial charge on any atom is -0.481 e. The van der Waals surface area contributed by atoms with Crippen molar-refractivity contribution in [3.8, 4) is 0 Å². The summed E-state index contributed by atoms with van der Waals surface area (Å²) in [5.74, 6) is -1.35. The van der Waals surface area contributed by atoms with E-state index in [1.165, 1.54) is 0 Å². The lowest BCUT2D eigenvalue weighted by Gasteiger charge is -2.01. The Balaban J connectivity index is 2.42. The molecule has 0 aromatic carbocycles. The summed E-state index contributed by atoms with van der Waals surface area (Å²) in [6.45, 7) is 0. The molecule has 1 aliphatic rings. The van der Waals surface area contributed by atoms with Crippen LogP contribution >= 0.6 is 0 Å². The third kappa shape index (κ3) is 2.89. The van der Waals surface area contributed by atoms with Gasteiger partial charge >= 0.3 is 5.97 Å². The van der Waals surface area contributed by atoms with E-state index in [0.29, 0.717) is 0 Å². The normalized spacial score (nSPS) is 22.9. The van der Waals surface area contributed by atoms with Gasteiger partial charge in [-0.15, -0.1) is 0 Å². The second-order valence-corrected chi connectivity index (χ2v) is 3.46. The molecule has 0 radical (unpaired) electrons. The summed E-state index contributed by atoms with van der Waals surface area (Å²) in [6.07, 6.45) is 2.25. The Morgan fingerprint density at radius 1 is 1.62 bits per heavy atom. The molecular formula is C9H13NO3. The molecular weight excluding hydrogens is 170 g/mol. The van der Waals surface area contributed by atoms with Crippen molar-refractivity contribution < 1.29 is 14.7 Å². The van der Waals surface area contributed by atoms with E-state index in [1.807, 2.05) is 25.2 Å². The standard InChI is InChI=1S/C9H13NO3/c1-10(2)5-6-3-7(6)8(11)4-9(12)13/h5,7H,3-4H2,1-2H3,(H,12,13). The SMILES string of the molecule is CN(C)C=C1CC1C(=O)CC(=O)O. The minimum absolute atomic E-state index is 0.126. The zero-order valence-electron chi connectivity index (χ0n) is 7.78. The van der Waals surface area contributed by atoms with Gasteiger partial charge in [-0.25, -0.2) is 0 Å². The number of hydrogen-bond acceptors (Lipinski definition) is 3. The lowest BCUT2D eigenvalue weighted by atomic mass is 10.2. The Morgan fingerprint density at radius 2 is 2.23 bits per heavy atom. The van der Waals surface area contributed by atoms with Crippen LogP contribution in [0.25, 0.3) is 0 Å². The van der Waals surface area contributed by atoms with Gasteiger partial charge in [0.25, 0.3) is 0 Å². The van der Waals surface area contributed by atoms with E-state index in [4.69, 9.17) is 5.11 Å². The quantitative estimate of drug-likeness (QED) is 0.644. The first-order valence-electron chi connectivity index (χ1n) is 4.12. The van der Waals surface area contributed by atoms with Gasteiger partial charge in [0, 0.05) is 20.0 Å².